The summed E-state index contributed by atoms with van der Waals surface area (Å²) in [5.41, 5.74) is 0. The molecule has 0 saturated carbocycles. The molecule has 19 heavy (non-hydrogen) atoms. The number of nitrogens with one attached hydrogen (secondary N) is 1. The minimum Gasteiger partial charge on any atom is -0.424 e. The SMILES string of the molecule is Cc1nnc(CN2CCCC(CNCC(C)C)C2)o1. The van der Waals surface area contributed by atoms with Crippen LogP contribution in [0.2, 0.25) is 0 Å². The second-order valence-electron chi connectivity index (χ2n) is 6.01. The molecule has 0 aromatic carbocycles. The fraction of sp³-hybridized carbons (Fsp3) is 0.857. The highest BCUT2D eigenvalue weighted by Crippen LogP contribution is 2.17. The van der Waals surface area contributed by atoms with Crippen LogP contribution < -0.4 is 5.32 Å². The van der Waals surface area contributed by atoms with Gasteiger partial charge in [-0.15, -0.1) is 10.2 Å². The van der Waals surface area contributed by atoms with Crippen molar-refractivity contribution in [1.82, 2.24) is 20.4 Å². The molecule has 1 aliphatic heterocycles. The molecule has 1 N–H and O–H groups in total. The largest absolute Gasteiger partial charge is 0.424 e. The van der Waals surface area contributed by atoms with E-state index in [1.165, 1.54) is 12.8 Å². The number of piperidine rings is 1. The lowest BCUT2D eigenvalue weighted by Gasteiger charge is -2.32. The first-order valence-electron chi connectivity index (χ1n) is 7.35. The molecule has 1 aromatic heterocycles. The predicted molar refractivity (Wildman–Crippen MR) is 74.7 cm³/mol. The number of nitrogens with zero attached hydrogens (tertiary/aromatic N) is 3. The third-order valence-corrected chi connectivity index (χ3v) is 3.52. The molecule has 1 atom stereocenters. The second kappa shape index (κ2) is 7.01. The Bertz CT molecular complexity index is 377. The first kappa shape index (κ1) is 14.5. The lowest BCUT2D eigenvalue weighted by Crippen LogP contribution is -2.39. The van der Waals surface area contributed by atoms with Gasteiger partial charge < -0.3 is 9.73 Å². The zero-order valence-corrected chi connectivity index (χ0v) is 12.4. The van der Waals surface area contributed by atoms with Crippen molar-refractivity contribution in [3.05, 3.63) is 11.8 Å². The van der Waals surface area contributed by atoms with Gasteiger partial charge in [0.25, 0.3) is 0 Å². The molecule has 0 radical (unpaired) electrons. The number of rotatable bonds is 6. The maximum Gasteiger partial charge on any atom is 0.230 e. The van der Waals surface area contributed by atoms with Crippen molar-refractivity contribution in [2.45, 2.75) is 40.2 Å². The molecule has 0 amide bonds. The number of likely N-dealkylation sites (tertiary alicyclic amines) is 1. The van der Waals surface area contributed by atoms with E-state index in [0.717, 1.165) is 50.5 Å². The highest BCUT2D eigenvalue weighted by molar-refractivity contribution is 4.82. The fourth-order valence-corrected chi connectivity index (χ4v) is 2.63. The molecule has 0 spiro atoms. The van der Waals surface area contributed by atoms with Gasteiger partial charge in [0.15, 0.2) is 0 Å². The summed E-state index contributed by atoms with van der Waals surface area (Å²) in [6, 6.07) is 0. The van der Waals surface area contributed by atoms with Crippen LogP contribution in [0.3, 0.4) is 0 Å². The van der Waals surface area contributed by atoms with Crippen molar-refractivity contribution in [2.24, 2.45) is 11.8 Å². The third kappa shape index (κ3) is 4.91. The van der Waals surface area contributed by atoms with Gasteiger partial charge >= 0.3 is 0 Å². The lowest BCUT2D eigenvalue weighted by molar-refractivity contribution is 0.152. The number of hydrogen-bond donors (Lipinski definition) is 1. The van der Waals surface area contributed by atoms with Crippen molar-refractivity contribution < 1.29 is 4.42 Å². The molecule has 5 nitrogen and oxygen atoms in total. The van der Waals surface area contributed by atoms with Crippen molar-refractivity contribution in [3.63, 3.8) is 0 Å². The number of hydrogen-bond acceptors (Lipinski definition) is 5. The van der Waals surface area contributed by atoms with Gasteiger partial charge in [0.05, 0.1) is 6.54 Å². The summed E-state index contributed by atoms with van der Waals surface area (Å²) in [5.74, 6) is 2.87. The van der Waals surface area contributed by atoms with Gasteiger partial charge in [0, 0.05) is 13.5 Å². The molecule has 1 saturated heterocycles. The van der Waals surface area contributed by atoms with Crippen LogP contribution in [0.15, 0.2) is 4.42 Å². The van der Waals surface area contributed by atoms with E-state index in [9.17, 15) is 0 Å². The minimum atomic E-state index is 0.655. The van der Waals surface area contributed by atoms with Crippen molar-refractivity contribution in [2.75, 3.05) is 26.2 Å². The highest BCUT2D eigenvalue weighted by Gasteiger charge is 2.21. The Labute approximate surface area is 115 Å². The minimum absolute atomic E-state index is 0.655. The Morgan fingerprint density at radius 1 is 1.42 bits per heavy atom. The maximum atomic E-state index is 5.45. The van der Waals surface area contributed by atoms with Crippen LogP contribution >= 0.6 is 0 Å². The summed E-state index contributed by atoms with van der Waals surface area (Å²) in [6.45, 7) is 11.6. The Morgan fingerprint density at radius 2 is 2.26 bits per heavy atom. The van der Waals surface area contributed by atoms with Crippen molar-refractivity contribution in [1.29, 1.82) is 0 Å². The van der Waals surface area contributed by atoms with E-state index in [1.54, 1.807) is 0 Å². The van der Waals surface area contributed by atoms with Crippen molar-refractivity contribution >= 4 is 0 Å². The molecule has 5 heteroatoms. The van der Waals surface area contributed by atoms with Crippen LogP contribution in [-0.2, 0) is 6.54 Å². The number of aromatic nitrogens is 2. The van der Waals surface area contributed by atoms with E-state index in [0.29, 0.717) is 5.89 Å². The van der Waals surface area contributed by atoms with Gasteiger partial charge in [0.2, 0.25) is 11.8 Å². The monoisotopic (exact) mass is 266 g/mol. The summed E-state index contributed by atoms with van der Waals surface area (Å²) in [4.78, 5) is 2.43. The Kier molecular flexibility index (Phi) is 5.34. The van der Waals surface area contributed by atoms with Crippen LogP contribution in [0.1, 0.15) is 38.5 Å². The molecule has 1 aromatic rings. The van der Waals surface area contributed by atoms with Gasteiger partial charge in [-0.2, -0.15) is 0 Å². The second-order valence-corrected chi connectivity index (χ2v) is 6.01. The highest BCUT2D eigenvalue weighted by atomic mass is 16.4. The molecule has 2 heterocycles. The Morgan fingerprint density at radius 3 is 2.95 bits per heavy atom. The van der Waals surface area contributed by atoms with Crippen LogP contribution in [0.5, 0.6) is 0 Å². The van der Waals surface area contributed by atoms with Gasteiger partial charge in [0.1, 0.15) is 0 Å². The fourth-order valence-electron chi connectivity index (χ4n) is 2.63. The smallest absolute Gasteiger partial charge is 0.230 e. The zero-order valence-electron chi connectivity index (χ0n) is 12.4. The molecule has 1 unspecified atom stereocenters. The van der Waals surface area contributed by atoms with Gasteiger partial charge in [-0.3, -0.25) is 4.90 Å². The van der Waals surface area contributed by atoms with E-state index in [4.69, 9.17) is 4.42 Å². The third-order valence-electron chi connectivity index (χ3n) is 3.52. The number of aryl methyl sites for hydroxylation is 1. The molecule has 1 fully saturated rings. The molecule has 108 valence electrons. The average Bonchev–Trinajstić information content (AvgIpc) is 2.75. The van der Waals surface area contributed by atoms with Crippen LogP contribution in [0, 0.1) is 18.8 Å². The molecule has 0 aliphatic carbocycles. The molecule has 2 rings (SSSR count). The van der Waals surface area contributed by atoms with E-state index in [2.05, 4.69) is 34.3 Å². The zero-order chi connectivity index (χ0) is 13.7. The van der Waals surface area contributed by atoms with Crippen LogP contribution in [0.4, 0.5) is 0 Å². The van der Waals surface area contributed by atoms with Gasteiger partial charge in [-0.25, -0.2) is 0 Å². The predicted octanol–water partition coefficient (Wildman–Crippen LogP) is 1.84. The summed E-state index contributed by atoms with van der Waals surface area (Å²) < 4.78 is 5.45. The molecule has 1 aliphatic rings. The topological polar surface area (TPSA) is 54.2 Å². The first-order valence-corrected chi connectivity index (χ1v) is 7.35. The maximum absolute atomic E-state index is 5.45. The van der Waals surface area contributed by atoms with E-state index in [-0.39, 0.29) is 0 Å². The summed E-state index contributed by atoms with van der Waals surface area (Å²) in [7, 11) is 0. The normalized spacial score (nSPS) is 21.2. The van der Waals surface area contributed by atoms with Gasteiger partial charge in [-0.1, -0.05) is 13.8 Å². The quantitative estimate of drug-likeness (QED) is 0.851. The summed E-state index contributed by atoms with van der Waals surface area (Å²) in [6.07, 6.45) is 2.59. The molecular formula is C14H26N4O. The lowest BCUT2D eigenvalue weighted by atomic mass is 9.98. The van der Waals surface area contributed by atoms with Crippen LogP contribution in [-0.4, -0.2) is 41.3 Å². The first-order chi connectivity index (χ1) is 9.13. The van der Waals surface area contributed by atoms with Gasteiger partial charge in [-0.05, 0) is 44.3 Å². The Hall–Kier alpha value is -0.940. The summed E-state index contributed by atoms with van der Waals surface area (Å²) >= 11 is 0. The van der Waals surface area contributed by atoms with E-state index >= 15 is 0 Å². The van der Waals surface area contributed by atoms with Crippen molar-refractivity contribution in [3.8, 4) is 0 Å². The van der Waals surface area contributed by atoms with Crippen LogP contribution in [0.25, 0.3) is 0 Å². The van der Waals surface area contributed by atoms with E-state index in [1.807, 2.05) is 6.92 Å². The van der Waals surface area contributed by atoms with E-state index < -0.39 is 0 Å². The average molecular weight is 266 g/mol. The summed E-state index contributed by atoms with van der Waals surface area (Å²) in [5, 5.41) is 11.5. The molecule has 0 bridgehead atoms. The molecular weight excluding hydrogens is 240 g/mol. The standard InChI is InChI=1S/C14H26N4O/c1-11(2)7-15-8-13-5-4-6-18(9-13)10-14-17-16-12(3)19-14/h11,13,15H,4-10H2,1-3H3. The Balaban J connectivity index is 1.74.